The first kappa shape index (κ1) is 19.1. The smallest absolute Gasteiger partial charge is 0.417 e. The molecule has 1 aliphatic heterocycles. The molecule has 27 heavy (non-hydrogen) atoms. The maximum Gasteiger partial charge on any atom is 0.417 e. The van der Waals surface area contributed by atoms with Crippen molar-refractivity contribution in [3.8, 4) is 11.5 Å². The molecule has 0 unspecified atom stereocenters. The minimum absolute atomic E-state index is 0.0675. The Morgan fingerprint density at radius 1 is 1.19 bits per heavy atom. The van der Waals surface area contributed by atoms with Crippen molar-refractivity contribution >= 4 is 5.91 Å². The lowest BCUT2D eigenvalue weighted by Crippen LogP contribution is -2.30. The van der Waals surface area contributed by atoms with Gasteiger partial charge in [0.1, 0.15) is 12.2 Å². The number of nitrogens with one attached hydrogen (secondary N) is 1. The van der Waals surface area contributed by atoms with Gasteiger partial charge in [-0.1, -0.05) is 24.3 Å². The Morgan fingerprint density at radius 3 is 2.67 bits per heavy atom. The fraction of sp³-hybridized carbons (Fsp3) is 0.350. The van der Waals surface area contributed by atoms with Crippen molar-refractivity contribution in [2.24, 2.45) is 0 Å². The quantitative estimate of drug-likeness (QED) is 0.791. The third kappa shape index (κ3) is 4.35. The molecule has 1 amide bonds. The first-order valence-corrected chi connectivity index (χ1v) is 8.55. The van der Waals surface area contributed by atoms with Gasteiger partial charge < -0.3 is 14.8 Å². The molecule has 0 aliphatic carbocycles. The number of hydrogen-bond donors (Lipinski definition) is 1. The molecule has 1 heterocycles. The summed E-state index contributed by atoms with van der Waals surface area (Å²) in [4.78, 5) is 12.1. The standard InChI is InChI=1S/C20H20F3NO3/c1-19(2)12-13-6-5-9-16(17(13)27-19)26-11-10-24-18(25)14-7-3-4-8-15(14)20(21,22)23/h3-9H,10-12H2,1-2H3,(H,24,25). The molecule has 3 rings (SSSR count). The van der Waals surface area contributed by atoms with Gasteiger partial charge >= 0.3 is 6.18 Å². The second-order valence-electron chi connectivity index (χ2n) is 6.93. The average molecular weight is 379 g/mol. The summed E-state index contributed by atoms with van der Waals surface area (Å²) in [7, 11) is 0. The van der Waals surface area contributed by atoms with Crippen molar-refractivity contribution < 1.29 is 27.4 Å². The molecule has 0 atom stereocenters. The number of para-hydroxylation sites is 1. The SMILES string of the molecule is CC1(C)Cc2cccc(OCCNC(=O)c3ccccc3C(F)(F)F)c2O1. The molecule has 0 radical (unpaired) electrons. The fourth-order valence-electron chi connectivity index (χ4n) is 3.05. The molecule has 0 saturated carbocycles. The number of hydrogen-bond acceptors (Lipinski definition) is 3. The van der Waals surface area contributed by atoms with Crippen LogP contribution in [0.15, 0.2) is 42.5 Å². The highest BCUT2D eigenvalue weighted by molar-refractivity contribution is 5.95. The maximum atomic E-state index is 13.0. The normalized spacial score (nSPS) is 15.0. The van der Waals surface area contributed by atoms with E-state index >= 15 is 0 Å². The van der Waals surface area contributed by atoms with E-state index in [9.17, 15) is 18.0 Å². The van der Waals surface area contributed by atoms with Crippen LogP contribution in [0.5, 0.6) is 11.5 Å². The number of carbonyl (C=O) groups excluding carboxylic acids is 1. The van der Waals surface area contributed by atoms with Crippen LogP contribution in [0, 0.1) is 0 Å². The van der Waals surface area contributed by atoms with Crippen molar-refractivity contribution in [2.45, 2.75) is 32.0 Å². The Labute approximate surface area is 155 Å². The topological polar surface area (TPSA) is 47.6 Å². The van der Waals surface area contributed by atoms with Crippen LogP contribution in [0.4, 0.5) is 13.2 Å². The molecule has 1 N–H and O–H groups in total. The van der Waals surface area contributed by atoms with Crippen LogP contribution in [-0.2, 0) is 12.6 Å². The lowest BCUT2D eigenvalue weighted by atomic mass is 10.0. The van der Waals surface area contributed by atoms with E-state index in [0.717, 1.165) is 24.1 Å². The predicted octanol–water partition coefficient (Wildman–Crippen LogP) is 4.23. The van der Waals surface area contributed by atoms with Gasteiger partial charge in [-0.2, -0.15) is 13.2 Å². The summed E-state index contributed by atoms with van der Waals surface area (Å²) in [6.45, 7) is 4.14. The molecular formula is C20H20F3NO3. The lowest BCUT2D eigenvalue weighted by molar-refractivity contribution is -0.137. The van der Waals surface area contributed by atoms with E-state index in [0.29, 0.717) is 11.5 Å². The minimum atomic E-state index is -4.58. The maximum absolute atomic E-state index is 13.0. The van der Waals surface area contributed by atoms with Gasteiger partial charge in [0.15, 0.2) is 11.5 Å². The number of fused-ring (bicyclic) bond motifs is 1. The third-order valence-corrected chi connectivity index (χ3v) is 4.18. The Balaban J connectivity index is 1.58. The van der Waals surface area contributed by atoms with Gasteiger partial charge in [0.25, 0.3) is 5.91 Å². The molecule has 4 nitrogen and oxygen atoms in total. The van der Waals surface area contributed by atoms with Gasteiger partial charge in [-0.15, -0.1) is 0 Å². The van der Waals surface area contributed by atoms with Gasteiger partial charge in [0, 0.05) is 12.0 Å². The number of ether oxygens (including phenoxy) is 2. The monoisotopic (exact) mass is 379 g/mol. The van der Waals surface area contributed by atoms with Crippen LogP contribution in [0.2, 0.25) is 0 Å². The highest BCUT2D eigenvalue weighted by Gasteiger charge is 2.35. The molecule has 0 aromatic heterocycles. The van der Waals surface area contributed by atoms with E-state index in [1.807, 2.05) is 26.0 Å². The van der Waals surface area contributed by atoms with Crippen molar-refractivity contribution in [1.82, 2.24) is 5.32 Å². The van der Waals surface area contributed by atoms with Crippen LogP contribution in [0.3, 0.4) is 0 Å². The summed E-state index contributed by atoms with van der Waals surface area (Å²) in [5.41, 5.74) is -0.631. The summed E-state index contributed by atoms with van der Waals surface area (Å²) in [5, 5.41) is 2.46. The largest absolute Gasteiger partial charge is 0.488 e. The van der Waals surface area contributed by atoms with E-state index in [1.165, 1.54) is 12.1 Å². The van der Waals surface area contributed by atoms with E-state index < -0.39 is 23.2 Å². The van der Waals surface area contributed by atoms with Gasteiger partial charge in [0.2, 0.25) is 0 Å². The average Bonchev–Trinajstić information content (AvgIpc) is 2.92. The summed E-state index contributed by atoms with van der Waals surface area (Å²) >= 11 is 0. The summed E-state index contributed by atoms with van der Waals surface area (Å²) < 4.78 is 50.5. The Morgan fingerprint density at radius 2 is 1.93 bits per heavy atom. The Kier molecular flexibility index (Phi) is 5.04. The number of amides is 1. The number of halogens is 3. The molecule has 7 heteroatoms. The minimum Gasteiger partial charge on any atom is -0.488 e. The summed E-state index contributed by atoms with van der Waals surface area (Å²) in [6, 6.07) is 10.3. The molecule has 0 spiro atoms. The number of benzene rings is 2. The Bertz CT molecular complexity index is 847. The van der Waals surface area contributed by atoms with Crippen molar-refractivity contribution in [2.75, 3.05) is 13.2 Å². The molecule has 0 bridgehead atoms. The van der Waals surface area contributed by atoms with Gasteiger partial charge in [0.05, 0.1) is 17.7 Å². The van der Waals surface area contributed by atoms with Crippen LogP contribution in [0.25, 0.3) is 0 Å². The molecular weight excluding hydrogens is 359 g/mol. The van der Waals surface area contributed by atoms with E-state index in [1.54, 1.807) is 6.07 Å². The zero-order valence-electron chi connectivity index (χ0n) is 15.0. The van der Waals surface area contributed by atoms with Gasteiger partial charge in [-0.3, -0.25) is 4.79 Å². The molecule has 1 aliphatic rings. The highest BCUT2D eigenvalue weighted by atomic mass is 19.4. The second-order valence-corrected chi connectivity index (χ2v) is 6.93. The molecule has 144 valence electrons. The number of carbonyl (C=O) groups is 1. The van der Waals surface area contributed by atoms with Gasteiger partial charge in [-0.25, -0.2) is 0 Å². The van der Waals surface area contributed by atoms with Crippen LogP contribution in [-0.4, -0.2) is 24.7 Å². The zero-order chi connectivity index (χ0) is 19.7. The second kappa shape index (κ2) is 7.13. The summed E-state index contributed by atoms with van der Waals surface area (Å²) in [6.07, 6.45) is -3.82. The van der Waals surface area contributed by atoms with Crippen LogP contribution in [0.1, 0.15) is 35.3 Å². The first-order chi connectivity index (χ1) is 12.7. The molecule has 2 aromatic carbocycles. The molecule has 0 fully saturated rings. The zero-order valence-corrected chi connectivity index (χ0v) is 15.0. The van der Waals surface area contributed by atoms with Crippen LogP contribution < -0.4 is 14.8 Å². The predicted molar refractivity (Wildman–Crippen MR) is 94.1 cm³/mol. The lowest BCUT2D eigenvalue weighted by Gasteiger charge is -2.18. The molecule has 2 aromatic rings. The summed E-state index contributed by atoms with van der Waals surface area (Å²) in [5.74, 6) is 0.446. The fourth-order valence-corrected chi connectivity index (χ4v) is 3.05. The van der Waals surface area contributed by atoms with Crippen LogP contribution >= 0.6 is 0 Å². The first-order valence-electron chi connectivity index (χ1n) is 8.55. The van der Waals surface area contributed by atoms with E-state index in [4.69, 9.17) is 9.47 Å². The van der Waals surface area contributed by atoms with Crippen molar-refractivity contribution in [3.63, 3.8) is 0 Å². The van der Waals surface area contributed by atoms with E-state index in [2.05, 4.69) is 5.32 Å². The van der Waals surface area contributed by atoms with Crippen molar-refractivity contribution in [3.05, 3.63) is 59.2 Å². The van der Waals surface area contributed by atoms with Crippen molar-refractivity contribution in [1.29, 1.82) is 0 Å². The Hall–Kier alpha value is -2.70. The number of rotatable bonds is 5. The number of alkyl halides is 3. The molecule has 0 saturated heterocycles. The van der Waals surface area contributed by atoms with E-state index in [-0.39, 0.29) is 18.8 Å². The highest BCUT2D eigenvalue weighted by Crippen LogP contribution is 2.41. The van der Waals surface area contributed by atoms with Gasteiger partial charge in [-0.05, 0) is 32.0 Å². The third-order valence-electron chi connectivity index (χ3n) is 4.18.